The number of hydrogen-bond acceptors (Lipinski definition) is 6. The highest BCUT2D eigenvalue weighted by molar-refractivity contribution is 7.21. The zero-order valence-electron chi connectivity index (χ0n) is 17.5. The molecule has 1 aliphatic heterocycles. The van der Waals surface area contributed by atoms with Crippen molar-refractivity contribution in [2.45, 2.75) is 32.6 Å². The van der Waals surface area contributed by atoms with Crippen LogP contribution in [0.3, 0.4) is 0 Å². The van der Waals surface area contributed by atoms with Crippen molar-refractivity contribution in [1.82, 2.24) is 15.3 Å². The number of hydrogen-bond donors (Lipinski definition) is 2. The molecule has 1 fully saturated rings. The fraction of sp³-hybridized carbons (Fsp3) is 0.391. The van der Waals surface area contributed by atoms with Crippen LogP contribution in [-0.2, 0) is 9.59 Å². The quantitative estimate of drug-likeness (QED) is 0.544. The van der Waals surface area contributed by atoms with Gasteiger partial charge >= 0.3 is 5.97 Å². The van der Waals surface area contributed by atoms with Gasteiger partial charge in [0.15, 0.2) is 0 Å². The Morgan fingerprint density at radius 3 is 2.65 bits per heavy atom. The zero-order chi connectivity index (χ0) is 21.8. The van der Waals surface area contributed by atoms with Crippen LogP contribution < -0.4 is 10.2 Å². The van der Waals surface area contributed by atoms with Crippen molar-refractivity contribution in [3.63, 3.8) is 0 Å². The van der Waals surface area contributed by atoms with E-state index in [0.717, 1.165) is 47.8 Å². The Balaban J connectivity index is 1.44. The zero-order valence-corrected chi connectivity index (χ0v) is 18.3. The van der Waals surface area contributed by atoms with Crippen molar-refractivity contribution >= 4 is 39.2 Å². The van der Waals surface area contributed by atoms with Gasteiger partial charge in [0.2, 0.25) is 5.91 Å². The van der Waals surface area contributed by atoms with Gasteiger partial charge in [0.25, 0.3) is 0 Å². The molecule has 162 valence electrons. The second-order valence-electron chi connectivity index (χ2n) is 7.84. The van der Waals surface area contributed by atoms with Crippen molar-refractivity contribution in [3.05, 3.63) is 42.2 Å². The molecule has 0 saturated carbocycles. The smallest absolute Gasteiger partial charge is 0.303 e. The summed E-state index contributed by atoms with van der Waals surface area (Å²) in [5.41, 5.74) is 1.17. The number of nitrogens with zero attached hydrogens (tertiary/aromatic N) is 3. The predicted octanol–water partition coefficient (Wildman–Crippen LogP) is 3.86. The van der Waals surface area contributed by atoms with Gasteiger partial charge in [-0.15, -0.1) is 11.3 Å². The number of aryl methyl sites for hydroxylation is 1. The molecule has 0 unspecified atom stereocenters. The number of aromatic nitrogens is 2. The summed E-state index contributed by atoms with van der Waals surface area (Å²) in [6.07, 6.45) is 2.05. The number of nitrogens with one attached hydrogen (secondary N) is 1. The van der Waals surface area contributed by atoms with E-state index in [2.05, 4.69) is 33.4 Å². The molecule has 3 heterocycles. The number of piperidine rings is 1. The Hall–Kier alpha value is -3.00. The summed E-state index contributed by atoms with van der Waals surface area (Å²) in [6, 6.07) is 12.5. The Morgan fingerprint density at radius 2 is 1.94 bits per heavy atom. The largest absolute Gasteiger partial charge is 0.481 e. The van der Waals surface area contributed by atoms with Crippen LogP contribution in [0.4, 0.5) is 5.82 Å². The molecule has 1 aromatic carbocycles. The molecule has 0 bridgehead atoms. The number of anilines is 1. The number of thiophene rings is 1. The third kappa shape index (κ3) is 5.02. The number of fused-ring (bicyclic) bond motifs is 1. The first-order valence-electron chi connectivity index (χ1n) is 10.6. The molecule has 3 aromatic rings. The van der Waals surface area contributed by atoms with Crippen molar-refractivity contribution in [1.29, 1.82) is 0 Å². The minimum absolute atomic E-state index is 0.0240. The van der Waals surface area contributed by atoms with E-state index in [1.807, 2.05) is 25.1 Å². The summed E-state index contributed by atoms with van der Waals surface area (Å²) in [6.45, 7) is 3.85. The lowest BCUT2D eigenvalue weighted by atomic mass is 9.95. The summed E-state index contributed by atoms with van der Waals surface area (Å²) in [4.78, 5) is 36.8. The minimum Gasteiger partial charge on any atom is -0.481 e. The van der Waals surface area contributed by atoms with Gasteiger partial charge in [0.05, 0.1) is 5.39 Å². The van der Waals surface area contributed by atoms with Crippen LogP contribution in [0.25, 0.3) is 20.7 Å². The predicted molar refractivity (Wildman–Crippen MR) is 122 cm³/mol. The molecule has 1 amide bonds. The molecule has 1 saturated heterocycles. The lowest BCUT2D eigenvalue weighted by Gasteiger charge is -2.32. The molecule has 2 N–H and O–H groups in total. The number of benzene rings is 1. The summed E-state index contributed by atoms with van der Waals surface area (Å²) in [5.74, 6) is 0.846. The molecular formula is C23H26N4O3S. The van der Waals surface area contributed by atoms with Crippen molar-refractivity contribution in [2.75, 3.05) is 24.5 Å². The van der Waals surface area contributed by atoms with Gasteiger partial charge in [-0.3, -0.25) is 9.59 Å². The lowest BCUT2D eigenvalue weighted by Crippen LogP contribution is -2.41. The first-order chi connectivity index (χ1) is 15.0. The average Bonchev–Trinajstić information content (AvgIpc) is 3.20. The minimum atomic E-state index is -0.835. The maximum atomic E-state index is 12.4. The molecule has 7 nitrogen and oxygen atoms in total. The molecule has 0 atom stereocenters. The van der Waals surface area contributed by atoms with E-state index in [0.29, 0.717) is 13.0 Å². The third-order valence-corrected chi connectivity index (χ3v) is 6.65. The highest BCUT2D eigenvalue weighted by Crippen LogP contribution is 2.37. The van der Waals surface area contributed by atoms with E-state index in [9.17, 15) is 9.59 Å². The molecule has 0 aliphatic carbocycles. The van der Waals surface area contributed by atoms with Gasteiger partial charge in [0.1, 0.15) is 16.5 Å². The number of aliphatic carboxylic acids is 1. The van der Waals surface area contributed by atoms with E-state index in [1.54, 1.807) is 11.3 Å². The SMILES string of the molecule is Cc1nc(N2CCC(C(=O)NCCCC(=O)O)CC2)c2cc(-c3ccccc3)sc2n1. The number of carbonyl (C=O) groups is 2. The Labute approximate surface area is 185 Å². The second kappa shape index (κ2) is 9.43. The molecule has 31 heavy (non-hydrogen) atoms. The number of carboxylic acid groups (broad SMARTS) is 1. The maximum absolute atomic E-state index is 12.4. The summed E-state index contributed by atoms with van der Waals surface area (Å²) in [7, 11) is 0. The Morgan fingerprint density at radius 1 is 1.19 bits per heavy atom. The Kier molecular flexibility index (Phi) is 6.46. The number of amides is 1. The van der Waals surface area contributed by atoms with Crippen LogP contribution in [0.15, 0.2) is 36.4 Å². The van der Waals surface area contributed by atoms with Gasteiger partial charge < -0.3 is 15.3 Å². The van der Waals surface area contributed by atoms with E-state index >= 15 is 0 Å². The molecule has 1 aliphatic rings. The fourth-order valence-electron chi connectivity index (χ4n) is 3.94. The molecule has 2 aromatic heterocycles. The summed E-state index contributed by atoms with van der Waals surface area (Å²) >= 11 is 1.68. The molecule has 0 spiro atoms. The highest BCUT2D eigenvalue weighted by Gasteiger charge is 2.27. The highest BCUT2D eigenvalue weighted by atomic mass is 32.1. The lowest BCUT2D eigenvalue weighted by molar-refractivity contribution is -0.137. The average molecular weight is 439 g/mol. The van der Waals surface area contributed by atoms with Crippen LogP contribution >= 0.6 is 11.3 Å². The van der Waals surface area contributed by atoms with Gasteiger partial charge in [-0.1, -0.05) is 30.3 Å². The van der Waals surface area contributed by atoms with E-state index in [4.69, 9.17) is 10.1 Å². The normalized spacial score (nSPS) is 14.7. The van der Waals surface area contributed by atoms with E-state index in [1.165, 1.54) is 10.4 Å². The standard InChI is InChI=1S/C23H26N4O3S/c1-15-25-21(18-14-19(31-23(18)26-15)16-6-3-2-4-7-16)27-12-9-17(10-13-27)22(30)24-11-5-8-20(28)29/h2-4,6-7,14,17H,5,8-13H2,1H3,(H,24,30)(H,28,29). The number of carboxylic acids is 1. The van der Waals surface area contributed by atoms with Crippen LogP contribution in [-0.4, -0.2) is 46.6 Å². The van der Waals surface area contributed by atoms with Crippen LogP contribution in [0.2, 0.25) is 0 Å². The maximum Gasteiger partial charge on any atom is 0.303 e. The molecular weight excluding hydrogens is 412 g/mol. The number of rotatable bonds is 7. The topological polar surface area (TPSA) is 95.4 Å². The first-order valence-corrected chi connectivity index (χ1v) is 11.4. The van der Waals surface area contributed by atoms with Crippen molar-refractivity contribution in [3.8, 4) is 10.4 Å². The van der Waals surface area contributed by atoms with Crippen LogP contribution in [0, 0.1) is 12.8 Å². The summed E-state index contributed by atoms with van der Waals surface area (Å²) < 4.78 is 0. The number of carbonyl (C=O) groups excluding carboxylic acids is 1. The van der Waals surface area contributed by atoms with Crippen LogP contribution in [0.5, 0.6) is 0 Å². The van der Waals surface area contributed by atoms with Gasteiger partial charge in [0, 0.05) is 36.9 Å². The van der Waals surface area contributed by atoms with Gasteiger partial charge in [-0.25, -0.2) is 9.97 Å². The van der Waals surface area contributed by atoms with E-state index in [-0.39, 0.29) is 18.2 Å². The first kappa shape index (κ1) is 21.2. The monoisotopic (exact) mass is 438 g/mol. The summed E-state index contributed by atoms with van der Waals surface area (Å²) in [5, 5.41) is 12.6. The Bertz CT molecular complexity index is 1080. The van der Waals surface area contributed by atoms with Crippen molar-refractivity contribution < 1.29 is 14.7 Å². The molecule has 8 heteroatoms. The molecule has 4 rings (SSSR count). The second-order valence-corrected chi connectivity index (χ2v) is 8.87. The third-order valence-electron chi connectivity index (χ3n) is 5.57. The molecule has 0 radical (unpaired) electrons. The fourth-order valence-corrected chi connectivity index (χ4v) is 5.02. The van der Waals surface area contributed by atoms with Gasteiger partial charge in [-0.05, 0) is 37.8 Å². The van der Waals surface area contributed by atoms with E-state index < -0.39 is 5.97 Å². The van der Waals surface area contributed by atoms with Crippen LogP contribution in [0.1, 0.15) is 31.5 Å². The van der Waals surface area contributed by atoms with Gasteiger partial charge in [-0.2, -0.15) is 0 Å². The van der Waals surface area contributed by atoms with Crippen molar-refractivity contribution in [2.24, 2.45) is 5.92 Å².